The molecule has 5 nitrogen and oxygen atoms in total. The van der Waals surface area contributed by atoms with E-state index in [1.165, 1.54) is 0 Å². The number of aryl methyl sites for hydroxylation is 1. The molecule has 0 saturated carbocycles. The lowest BCUT2D eigenvalue weighted by Crippen LogP contribution is -2.37. The normalized spacial score (nSPS) is 10.3. The second-order valence-electron chi connectivity index (χ2n) is 5.72. The van der Waals surface area contributed by atoms with Crippen molar-refractivity contribution < 1.29 is 23.1 Å². The van der Waals surface area contributed by atoms with Crippen LogP contribution in [0.2, 0.25) is 0 Å². The Balaban J connectivity index is 1.71. The second kappa shape index (κ2) is 8.94. The highest BCUT2D eigenvalue weighted by Gasteiger charge is 2.12. The third-order valence-electron chi connectivity index (χ3n) is 3.82. The Morgan fingerprint density at radius 1 is 1.04 bits per heavy atom. The van der Waals surface area contributed by atoms with Gasteiger partial charge < -0.3 is 15.4 Å². The van der Waals surface area contributed by atoms with Gasteiger partial charge in [-0.05, 0) is 43.2 Å². The van der Waals surface area contributed by atoms with Crippen LogP contribution < -0.4 is 15.4 Å². The topological polar surface area (TPSA) is 67.4 Å². The number of carbonyl (C=O) groups is 2. The molecule has 0 saturated heterocycles. The predicted octanol–water partition coefficient (Wildman–Crippen LogP) is 2.51. The fourth-order valence-corrected chi connectivity index (χ4v) is 2.22. The molecule has 0 unspecified atom stereocenters. The van der Waals surface area contributed by atoms with Gasteiger partial charge in [-0.1, -0.05) is 12.1 Å². The third-order valence-corrected chi connectivity index (χ3v) is 3.82. The molecule has 2 amide bonds. The molecule has 2 aromatic rings. The Hall–Kier alpha value is -2.96. The first-order valence-electron chi connectivity index (χ1n) is 8.07. The number of halogens is 2. The molecule has 0 atom stereocenters. The van der Waals surface area contributed by atoms with E-state index in [0.29, 0.717) is 11.8 Å². The summed E-state index contributed by atoms with van der Waals surface area (Å²) in [6.45, 7) is 3.97. The van der Waals surface area contributed by atoms with Crippen LogP contribution in [0.15, 0.2) is 36.4 Å². The van der Waals surface area contributed by atoms with Crippen LogP contribution in [0.1, 0.15) is 21.5 Å². The zero-order valence-electron chi connectivity index (χ0n) is 14.6. The Labute approximate surface area is 150 Å². The number of hydrogen-bond donors (Lipinski definition) is 2. The minimum absolute atomic E-state index is 0.102. The van der Waals surface area contributed by atoms with Crippen molar-refractivity contribution >= 4 is 11.8 Å². The molecule has 0 fully saturated rings. The van der Waals surface area contributed by atoms with E-state index in [-0.39, 0.29) is 31.2 Å². The minimum Gasteiger partial charge on any atom is -0.483 e. The van der Waals surface area contributed by atoms with Gasteiger partial charge in [0.05, 0.1) is 5.56 Å². The van der Waals surface area contributed by atoms with E-state index in [1.807, 2.05) is 26.0 Å². The summed E-state index contributed by atoms with van der Waals surface area (Å²) in [5.74, 6) is -2.07. The summed E-state index contributed by atoms with van der Waals surface area (Å²) in [7, 11) is 0. The monoisotopic (exact) mass is 362 g/mol. The molecule has 0 aliphatic heterocycles. The predicted molar refractivity (Wildman–Crippen MR) is 93.1 cm³/mol. The summed E-state index contributed by atoms with van der Waals surface area (Å²) < 4.78 is 31.8. The van der Waals surface area contributed by atoms with Gasteiger partial charge in [-0.15, -0.1) is 0 Å². The van der Waals surface area contributed by atoms with Gasteiger partial charge in [-0.25, -0.2) is 8.78 Å². The van der Waals surface area contributed by atoms with Crippen molar-refractivity contribution in [3.63, 3.8) is 0 Å². The van der Waals surface area contributed by atoms with Gasteiger partial charge in [0, 0.05) is 19.2 Å². The first-order valence-corrected chi connectivity index (χ1v) is 8.07. The number of rotatable bonds is 7. The maximum Gasteiger partial charge on any atom is 0.258 e. The first-order chi connectivity index (χ1) is 12.4. The molecule has 0 aliphatic carbocycles. The van der Waals surface area contributed by atoms with Crippen LogP contribution in [-0.4, -0.2) is 31.5 Å². The zero-order valence-corrected chi connectivity index (χ0v) is 14.6. The van der Waals surface area contributed by atoms with Crippen molar-refractivity contribution in [3.8, 4) is 5.75 Å². The van der Waals surface area contributed by atoms with Crippen LogP contribution in [0, 0.1) is 25.5 Å². The Bertz CT molecular complexity index is 809. The van der Waals surface area contributed by atoms with Crippen molar-refractivity contribution in [2.45, 2.75) is 13.8 Å². The molecule has 0 spiro atoms. The number of hydrogen-bond acceptors (Lipinski definition) is 3. The second-order valence-corrected chi connectivity index (χ2v) is 5.72. The van der Waals surface area contributed by atoms with Gasteiger partial charge in [0.25, 0.3) is 11.8 Å². The van der Waals surface area contributed by atoms with Gasteiger partial charge in [0.1, 0.15) is 17.4 Å². The first kappa shape index (κ1) is 19.4. The number of benzene rings is 2. The minimum atomic E-state index is -0.937. The van der Waals surface area contributed by atoms with Crippen molar-refractivity contribution in [1.29, 1.82) is 0 Å². The van der Waals surface area contributed by atoms with Gasteiger partial charge in [0.15, 0.2) is 6.61 Å². The molecule has 0 radical (unpaired) electrons. The van der Waals surface area contributed by atoms with E-state index in [4.69, 9.17) is 4.74 Å². The van der Waals surface area contributed by atoms with E-state index in [1.54, 1.807) is 6.07 Å². The molecule has 2 rings (SSSR count). The Morgan fingerprint density at radius 2 is 1.77 bits per heavy atom. The number of ether oxygens (including phenoxy) is 1. The molecule has 26 heavy (non-hydrogen) atoms. The largest absolute Gasteiger partial charge is 0.483 e. The summed E-state index contributed by atoms with van der Waals surface area (Å²) in [5, 5.41) is 5.03. The lowest BCUT2D eigenvalue weighted by atomic mass is 10.1. The highest BCUT2D eigenvalue weighted by atomic mass is 19.1. The van der Waals surface area contributed by atoms with Crippen molar-refractivity contribution in [1.82, 2.24) is 10.6 Å². The summed E-state index contributed by atoms with van der Waals surface area (Å²) in [5.41, 5.74) is 1.78. The van der Waals surface area contributed by atoms with E-state index in [9.17, 15) is 18.4 Å². The van der Waals surface area contributed by atoms with Gasteiger partial charge >= 0.3 is 0 Å². The summed E-state index contributed by atoms with van der Waals surface area (Å²) in [4.78, 5) is 23.6. The lowest BCUT2D eigenvalue weighted by Gasteiger charge is -2.11. The van der Waals surface area contributed by atoms with Crippen LogP contribution >= 0.6 is 0 Å². The summed E-state index contributed by atoms with van der Waals surface area (Å²) in [6, 6.07) is 8.30. The molecule has 7 heteroatoms. The summed E-state index contributed by atoms with van der Waals surface area (Å²) in [6.07, 6.45) is 0. The number of nitrogens with one attached hydrogen (secondary N) is 2. The van der Waals surface area contributed by atoms with E-state index in [2.05, 4.69) is 10.6 Å². The SMILES string of the molecule is Cc1cccc(OCC(=O)NCCNC(=O)c2ccc(F)cc2F)c1C. The van der Waals surface area contributed by atoms with Crippen molar-refractivity contribution in [3.05, 3.63) is 64.7 Å². The highest BCUT2D eigenvalue weighted by molar-refractivity contribution is 5.94. The molecular formula is C19H20F2N2O3. The summed E-state index contributed by atoms with van der Waals surface area (Å²) >= 11 is 0. The maximum absolute atomic E-state index is 13.5. The van der Waals surface area contributed by atoms with Crippen molar-refractivity contribution in [2.24, 2.45) is 0 Å². The third kappa shape index (κ3) is 5.27. The zero-order chi connectivity index (χ0) is 19.1. The smallest absolute Gasteiger partial charge is 0.258 e. The van der Waals surface area contributed by atoms with Gasteiger partial charge in [-0.3, -0.25) is 9.59 Å². The number of amides is 2. The Morgan fingerprint density at radius 3 is 2.50 bits per heavy atom. The van der Waals surface area contributed by atoms with Crippen LogP contribution in [0.3, 0.4) is 0 Å². The molecule has 138 valence electrons. The fourth-order valence-electron chi connectivity index (χ4n) is 2.22. The van der Waals surface area contributed by atoms with E-state index >= 15 is 0 Å². The molecule has 0 aromatic heterocycles. The molecular weight excluding hydrogens is 342 g/mol. The quantitative estimate of drug-likeness (QED) is 0.744. The van der Waals surface area contributed by atoms with Crippen LogP contribution in [-0.2, 0) is 4.79 Å². The maximum atomic E-state index is 13.5. The molecule has 2 aromatic carbocycles. The Kier molecular flexibility index (Phi) is 6.66. The van der Waals surface area contributed by atoms with Crippen molar-refractivity contribution in [2.75, 3.05) is 19.7 Å². The molecule has 2 N–H and O–H groups in total. The van der Waals surface area contributed by atoms with Gasteiger partial charge in [0.2, 0.25) is 0 Å². The average Bonchev–Trinajstić information content (AvgIpc) is 2.59. The van der Waals surface area contributed by atoms with Gasteiger partial charge in [-0.2, -0.15) is 0 Å². The van der Waals surface area contributed by atoms with E-state index in [0.717, 1.165) is 23.3 Å². The fraction of sp³-hybridized carbons (Fsp3) is 0.263. The lowest BCUT2D eigenvalue weighted by molar-refractivity contribution is -0.123. The highest BCUT2D eigenvalue weighted by Crippen LogP contribution is 2.20. The van der Waals surface area contributed by atoms with Crippen LogP contribution in [0.4, 0.5) is 8.78 Å². The number of carbonyl (C=O) groups excluding carboxylic acids is 2. The molecule has 0 bridgehead atoms. The van der Waals surface area contributed by atoms with Crippen LogP contribution in [0.25, 0.3) is 0 Å². The average molecular weight is 362 g/mol. The van der Waals surface area contributed by atoms with E-state index < -0.39 is 17.5 Å². The standard InChI is InChI=1S/C19H20F2N2O3/c1-12-4-3-5-17(13(12)2)26-11-18(24)22-8-9-23-19(25)15-7-6-14(20)10-16(15)21/h3-7,10H,8-9,11H2,1-2H3,(H,22,24)(H,23,25). The molecule has 0 aliphatic rings. The molecule has 0 heterocycles. The van der Waals surface area contributed by atoms with Crippen LogP contribution in [0.5, 0.6) is 5.75 Å².